The highest BCUT2D eigenvalue weighted by molar-refractivity contribution is 6.42. The average Bonchev–Trinajstić information content (AvgIpc) is 1.58. The van der Waals surface area contributed by atoms with Gasteiger partial charge in [-0.25, -0.2) is 28.5 Å². The van der Waals surface area contributed by atoms with E-state index in [2.05, 4.69) is 34.7 Å². The Hall–Kier alpha value is -5.30. The third-order valence-electron chi connectivity index (χ3n) is 20.1. The van der Waals surface area contributed by atoms with Crippen molar-refractivity contribution in [2.75, 3.05) is 10.6 Å². The number of carbonyl (C=O) groups is 4. The highest BCUT2D eigenvalue weighted by Gasteiger charge is 2.52. The van der Waals surface area contributed by atoms with Gasteiger partial charge in [0.25, 0.3) is 11.1 Å². The summed E-state index contributed by atoms with van der Waals surface area (Å²) in [7, 11) is 0. The second-order valence-electron chi connectivity index (χ2n) is 27.8. The van der Waals surface area contributed by atoms with Crippen LogP contribution in [0.4, 0.5) is 34.4 Å². The summed E-state index contributed by atoms with van der Waals surface area (Å²) in [5.74, 6) is -3.18. The smallest absolute Gasteiger partial charge is 0.331 e. The fourth-order valence-corrected chi connectivity index (χ4v) is 17.2. The van der Waals surface area contributed by atoms with Crippen molar-refractivity contribution >= 4 is 174 Å². The Balaban J connectivity index is 1.09. The largest absolute Gasteiger partial charge is 0.339 e. The van der Waals surface area contributed by atoms with Crippen molar-refractivity contribution in [3.05, 3.63) is 191 Å². The molecule has 2 saturated heterocycles. The number of anilines is 4. The number of amides is 4. The van der Waals surface area contributed by atoms with Gasteiger partial charge < -0.3 is 10.6 Å². The molecule has 24 heteroatoms. The molecule has 0 aliphatic carbocycles. The minimum absolute atomic E-state index is 0.000717. The van der Waals surface area contributed by atoms with Gasteiger partial charge in [-0.2, -0.15) is 0 Å². The Kier molecular flexibility index (Phi) is 32.6. The number of unbranched alkanes of at least 4 members (excludes halogenated alkanes) is 28. The molecule has 7 aromatic rings. The molecule has 0 bridgehead atoms. The zero-order chi connectivity index (χ0) is 75.2. The lowest BCUT2D eigenvalue weighted by Crippen LogP contribution is -2.48. The molecule has 4 N–H and O–H groups in total. The molecule has 0 radical (unpaired) electrons. The first-order chi connectivity index (χ1) is 50.7. The molecule has 2 aromatic heterocycles. The van der Waals surface area contributed by atoms with E-state index >= 15 is 9.59 Å². The number of rotatable bonds is 43. The first-order valence-corrected chi connectivity index (χ1v) is 41.3. The molecule has 4 amide bonds. The van der Waals surface area contributed by atoms with Crippen LogP contribution in [0.2, 0.25) is 50.2 Å². The summed E-state index contributed by atoms with van der Waals surface area (Å²) in [6.07, 6.45) is 42.5. The second-order valence-corrected chi connectivity index (χ2v) is 31.9. The average molecular weight is 1630 g/mol. The standard InChI is InChI=1S/C81H94Cl10N8O6/c1-3-5-7-9-11-13-15-17-19-21-23-25-27-29-31-33-45-98(69(100)41-42-70(98)101)57-36-39-60(85)67(52-57)92-78-74(80(104)96(94-78)76-63(88)48-55(83)49-64(76)89)73(59-38-35-54(82)47-62(59)87)75-79(95-97(81(75)105)77-65(90)50-56(84)51-66(77)91)93-68-53-58(37-40-61(68)86)99(71(102)43-44-72(99)103)46-34-32-30-28-26-24-22-20-18-16-14-12-10-8-6-4-2/h33-40,45-53,73H,3-32,41-44H2,1-2H3,(H2-2,92,93,94,95,104,105)/p+2. The first kappa shape index (κ1) is 83.7. The van der Waals surface area contributed by atoms with E-state index in [-0.39, 0.29) is 162 Å². The maximum absolute atomic E-state index is 16.2. The number of allylic oxidation sites excluding steroid dienone is 2. The van der Waals surface area contributed by atoms with E-state index in [0.29, 0.717) is 12.8 Å². The van der Waals surface area contributed by atoms with Crippen LogP contribution in [0.1, 0.15) is 255 Å². The Morgan fingerprint density at radius 3 is 0.990 bits per heavy atom. The number of quaternary nitrogens is 2. The normalized spacial score (nSPS) is 14.7. The van der Waals surface area contributed by atoms with Crippen molar-refractivity contribution in [3.8, 4) is 11.4 Å². The van der Waals surface area contributed by atoms with Crippen LogP contribution in [-0.2, 0) is 19.2 Å². The van der Waals surface area contributed by atoms with Crippen LogP contribution in [0.5, 0.6) is 0 Å². The number of aromatic amines is 2. The van der Waals surface area contributed by atoms with E-state index in [4.69, 9.17) is 116 Å². The van der Waals surface area contributed by atoms with Crippen molar-refractivity contribution in [2.24, 2.45) is 0 Å². The van der Waals surface area contributed by atoms with E-state index in [1.807, 2.05) is 12.2 Å². The summed E-state index contributed by atoms with van der Waals surface area (Å²) in [4.78, 5) is 89.8. The number of aromatic nitrogens is 4. The highest BCUT2D eigenvalue weighted by Crippen LogP contribution is 2.47. The van der Waals surface area contributed by atoms with Crippen LogP contribution < -0.4 is 30.7 Å². The number of H-pyrrole nitrogens is 2. The minimum Gasteiger partial charge on any atom is -0.339 e. The van der Waals surface area contributed by atoms with Crippen LogP contribution in [0, 0.1) is 0 Å². The molecule has 4 heterocycles. The van der Waals surface area contributed by atoms with E-state index < -0.39 is 26.0 Å². The topological polar surface area (TPSA) is 168 Å². The fraction of sp³-hybridized carbons (Fsp3) is 0.457. The molecule has 0 saturated carbocycles. The molecule has 2 fully saturated rings. The van der Waals surface area contributed by atoms with Crippen LogP contribution >= 0.6 is 116 Å². The zero-order valence-electron chi connectivity index (χ0n) is 60.0. The van der Waals surface area contributed by atoms with E-state index in [1.165, 1.54) is 165 Å². The summed E-state index contributed by atoms with van der Waals surface area (Å²) in [5, 5.41) is 13.5. The van der Waals surface area contributed by atoms with Gasteiger partial charge in [-0.3, -0.25) is 19.8 Å². The maximum Gasteiger partial charge on any atom is 0.331 e. The van der Waals surface area contributed by atoms with Crippen molar-refractivity contribution in [1.29, 1.82) is 0 Å². The lowest BCUT2D eigenvalue weighted by molar-refractivity contribution is -0.136. The number of hydrogen-bond donors (Lipinski definition) is 4. The predicted molar refractivity (Wildman–Crippen MR) is 440 cm³/mol. The van der Waals surface area contributed by atoms with Gasteiger partial charge in [0, 0.05) is 44.4 Å². The van der Waals surface area contributed by atoms with Gasteiger partial charge >= 0.3 is 23.6 Å². The summed E-state index contributed by atoms with van der Waals surface area (Å²) in [5.41, 5.74) is -1.28. The molecule has 2 aliphatic rings. The number of hydrogen-bond acceptors (Lipinski definition) is 8. The van der Waals surface area contributed by atoms with Gasteiger partial charge in [-0.1, -0.05) is 303 Å². The Labute approximate surface area is 667 Å². The lowest BCUT2D eigenvalue weighted by Gasteiger charge is -2.25. The van der Waals surface area contributed by atoms with Gasteiger partial charge in [0.05, 0.1) is 84.2 Å². The SMILES string of the molecule is CCCCCCCCCCCCCCCCC=C[N+]1(c2ccc(Cl)c(Nc3[nH]n(-c4c(Cl)cc(Cl)cc4Cl)c(=O)c3C(c3ccc(Cl)cc3Cl)c3c(Nc4cc([N+]5(C=CCCCCCCCCCCCCCCCC)C(=O)CCC5=O)ccc4Cl)[nH]n(-c4c(Cl)cc(Cl)cc4Cl)c3=O)c2)C(=O)CCC1=O. The highest BCUT2D eigenvalue weighted by atomic mass is 35.5. The number of nitrogens with zero attached hydrogens (tertiary/aromatic N) is 4. The number of carbonyl (C=O) groups excluding carboxylic acids is 4. The third kappa shape index (κ3) is 21.0. The summed E-state index contributed by atoms with van der Waals surface area (Å²) >= 11 is 69.4. The van der Waals surface area contributed by atoms with Crippen LogP contribution in [0.25, 0.3) is 11.4 Å². The van der Waals surface area contributed by atoms with Gasteiger partial charge in [-0.15, -0.1) is 8.97 Å². The lowest BCUT2D eigenvalue weighted by atomic mass is 9.86. The molecule has 0 unspecified atom stereocenters. The van der Waals surface area contributed by atoms with Crippen molar-refractivity contribution in [3.63, 3.8) is 0 Å². The van der Waals surface area contributed by atoms with Gasteiger partial charge in [0.2, 0.25) is 0 Å². The van der Waals surface area contributed by atoms with E-state index in [9.17, 15) is 19.2 Å². The van der Waals surface area contributed by atoms with Crippen LogP contribution in [0.15, 0.2) is 113 Å². The van der Waals surface area contributed by atoms with Crippen molar-refractivity contribution in [2.45, 2.75) is 238 Å². The number of likely N-dealkylation sites (tertiary alicyclic amines) is 2. The molecule has 2 aliphatic heterocycles. The fourth-order valence-electron chi connectivity index (χ4n) is 14.4. The zero-order valence-corrected chi connectivity index (χ0v) is 67.5. The minimum atomic E-state index is -1.59. The maximum atomic E-state index is 16.2. The molecule has 0 spiro atoms. The number of imide groups is 2. The van der Waals surface area contributed by atoms with Crippen LogP contribution in [-0.4, -0.2) is 43.2 Å². The number of benzene rings is 5. The van der Waals surface area contributed by atoms with Gasteiger partial charge in [0.1, 0.15) is 35.4 Å². The monoisotopic (exact) mass is 1630 g/mol. The van der Waals surface area contributed by atoms with Crippen molar-refractivity contribution in [1.82, 2.24) is 28.5 Å². The molecule has 5 aromatic carbocycles. The third-order valence-corrected chi connectivity index (χ3v) is 22.9. The van der Waals surface area contributed by atoms with Crippen LogP contribution in [0.3, 0.4) is 0 Å². The van der Waals surface area contributed by atoms with E-state index in [1.54, 1.807) is 54.9 Å². The summed E-state index contributed by atoms with van der Waals surface area (Å²) in [6.45, 7) is 4.49. The Bertz CT molecular complexity index is 4040. The molecular weight excluding hydrogens is 1540 g/mol. The van der Waals surface area contributed by atoms with Gasteiger partial charge in [0.15, 0.2) is 11.4 Å². The molecule has 564 valence electrons. The van der Waals surface area contributed by atoms with Crippen molar-refractivity contribution < 1.29 is 19.2 Å². The molecule has 14 nitrogen and oxygen atoms in total. The first-order valence-electron chi connectivity index (χ1n) is 37.5. The predicted octanol–water partition coefficient (Wildman–Crippen LogP) is 26.9. The summed E-state index contributed by atoms with van der Waals surface area (Å²) < 4.78 is 0.702. The molecular formula is C81H96Cl10N8O6+2. The number of nitrogens with one attached hydrogen (secondary N) is 4. The quantitative estimate of drug-likeness (QED) is 0.0166. The molecule has 0 atom stereocenters. The van der Waals surface area contributed by atoms with E-state index in [0.717, 1.165) is 60.7 Å². The summed E-state index contributed by atoms with van der Waals surface area (Å²) in [6, 6.07) is 19.6. The van der Waals surface area contributed by atoms with Gasteiger partial charge in [-0.05, 0) is 91.9 Å². The second kappa shape index (κ2) is 40.9. The Morgan fingerprint density at radius 2 is 0.676 bits per heavy atom. The number of halogens is 10. The molecule has 9 rings (SSSR count). The Morgan fingerprint density at radius 1 is 0.371 bits per heavy atom. The molecule has 105 heavy (non-hydrogen) atoms.